The van der Waals surface area contributed by atoms with Gasteiger partial charge in [-0.3, -0.25) is 0 Å². The van der Waals surface area contributed by atoms with Crippen molar-refractivity contribution in [1.29, 1.82) is 0 Å². The van der Waals surface area contributed by atoms with Crippen molar-refractivity contribution in [3.63, 3.8) is 0 Å². The van der Waals surface area contributed by atoms with Crippen LogP contribution in [-0.4, -0.2) is 23.1 Å². The maximum atomic E-state index is 11.5. The molecule has 0 aromatic heterocycles. The first-order valence-electron chi connectivity index (χ1n) is 1.61. The molecule has 1 N–H and O–H groups in total. The van der Waals surface area contributed by atoms with Crippen LogP contribution >= 0.6 is 11.6 Å². The highest BCUT2D eigenvalue weighted by molar-refractivity contribution is 6.19. The maximum absolute atomic E-state index is 11.5. The van der Waals surface area contributed by atoms with E-state index in [1.807, 2.05) is 0 Å². The molecule has 0 saturated carbocycles. The minimum absolute atomic E-state index is 0.477. The smallest absolute Gasteiger partial charge is 0.339 e. The van der Waals surface area contributed by atoms with Crippen molar-refractivity contribution in [2.75, 3.05) is 5.88 Å². The van der Waals surface area contributed by atoms with Crippen molar-refractivity contribution in [2.45, 2.75) is 6.17 Å². The van der Waals surface area contributed by atoms with Gasteiger partial charge in [-0.15, -0.1) is 11.6 Å². The fourth-order valence-electron chi connectivity index (χ4n) is 0.0660. The van der Waals surface area contributed by atoms with Crippen molar-refractivity contribution >= 4 is 17.6 Å². The Hall–Kier alpha value is -0.310. The van der Waals surface area contributed by atoms with Crippen molar-refractivity contribution in [1.82, 2.24) is 0 Å². The number of carboxylic acid groups (broad SMARTS) is 1. The van der Waals surface area contributed by atoms with E-state index in [1.54, 1.807) is 0 Å². The number of hydrogen-bond donors (Lipinski definition) is 1. The van der Waals surface area contributed by atoms with Crippen LogP contribution in [-0.2, 0) is 4.79 Å². The molecule has 7 heavy (non-hydrogen) atoms. The Bertz CT molecular complexity index is 75.3. The molecule has 0 heterocycles. The van der Waals surface area contributed by atoms with Gasteiger partial charge in [-0.25, -0.2) is 9.18 Å². The lowest BCUT2D eigenvalue weighted by molar-refractivity contribution is -0.141. The first-order valence-corrected chi connectivity index (χ1v) is 2.14. The molecule has 0 rings (SSSR count). The molecule has 4 heteroatoms. The number of aliphatic carboxylic acids is 1. The monoisotopic (exact) mass is 126 g/mol. The molecule has 0 unspecified atom stereocenters. The molecular formula is C3H4ClFO2. The highest BCUT2D eigenvalue weighted by Gasteiger charge is 2.11. The number of hydrogen-bond acceptors (Lipinski definition) is 1. The van der Waals surface area contributed by atoms with Gasteiger partial charge in [0.05, 0.1) is 5.88 Å². The van der Waals surface area contributed by atoms with Crippen molar-refractivity contribution in [2.24, 2.45) is 0 Å². The van der Waals surface area contributed by atoms with E-state index in [0.29, 0.717) is 0 Å². The number of alkyl halides is 2. The molecule has 2 nitrogen and oxygen atoms in total. The number of halogens is 2. The van der Waals surface area contributed by atoms with E-state index in [0.717, 1.165) is 0 Å². The van der Waals surface area contributed by atoms with Crippen LogP contribution in [0.5, 0.6) is 0 Å². The van der Waals surface area contributed by atoms with Crippen molar-refractivity contribution < 1.29 is 14.3 Å². The minimum atomic E-state index is -1.92. The van der Waals surface area contributed by atoms with Gasteiger partial charge in [0.25, 0.3) is 0 Å². The first kappa shape index (κ1) is 6.69. The van der Waals surface area contributed by atoms with E-state index in [9.17, 15) is 9.18 Å². The maximum Gasteiger partial charge on any atom is 0.339 e. The molecule has 0 aliphatic heterocycles. The van der Waals surface area contributed by atoms with E-state index in [-0.39, 0.29) is 0 Å². The van der Waals surface area contributed by atoms with Crippen LogP contribution in [0, 0.1) is 0 Å². The van der Waals surface area contributed by atoms with Crippen LogP contribution in [0.2, 0.25) is 0 Å². The van der Waals surface area contributed by atoms with Gasteiger partial charge in [-0.05, 0) is 0 Å². The Morgan fingerprint density at radius 1 is 2.00 bits per heavy atom. The second-order valence-corrected chi connectivity index (χ2v) is 1.27. The Balaban J connectivity index is 3.34. The van der Waals surface area contributed by atoms with Gasteiger partial charge in [0.2, 0.25) is 6.17 Å². The summed E-state index contributed by atoms with van der Waals surface area (Å²) < 4.78 is 11.5. The summed E-state index contributed by atoms with van der Waals surface area (Å²) in [6.07, 6.45) is -1.92. The molecule has 0 aliphatic carbocycles. The summed E-state index contributed by atoms with van der Waals surface area (Å²) in [4.78, 5) is 9.47. The molecule has 42 valence electrons. The molecule has 0 fully saturated rings. The third kappa shape index (κ3) is 2.39. The molecule has 0 amide bonds. The second kappa shape index (κ2) is 2.80. The lowest BCUT2D eigenvalue weighted by Crippen LogP contribution is -2.15. The van der Waals surface area contributed by atoms with Crippen molar-refractivity contribution in [3.05, 3.63) is 0 Å². The Kier molecular flexibility index (Phi) is 2.67. The number of rotatable bonds is 2. The summed E-state index contributed by atoms with van der Waals surface area (Å²) in [6.45, 7) is 0. The highest BCUT2D eigenvalue weighted by Crippen LogP contribution is 1.91. The SMILES string of the molecule is O=C(O)[C@@H](F)CCl. The van der Waals surface area contributed by atoms with E-state index in [2.05, 4.69) is 0 Å². The molecule has 0 aliphatic rings. The zero-order chi connectivity index (χ0) is 5.86. The number of carboxylic acids is 1. The predicted molar refractivity (Wildman–Crippen MR) is 23.3 cm³/mol. The third-order valence-electron chi connectivity index (χ3n) is 0.403. The first-order chi connectivity index (χ1) is 3.18. The molecular weight excluding hydrogens is 122 g/mol. The molecule has 0 bridgehead atoms. The zero-order valence-corrected chi connectivity index (χ0v) is 4.15. The van der Waals surface area contributed by atoms with E-state index >= 15 is 0 Å². The Morgan fingerprint density at radius 3 is 2.43 bits per heavy atom. The van der Waals surface area contributed by atoms with Gasteiger partial charge in [-0.1, -0.05) is 0 Å². The lowest BCUT2D eigenvalue weighted by atomic mass is 10.5. The summed E-state index contributed by atoms with van der Waals surface area (Å²) in [5, 5.41) is 7.72. The highest BCUT2D eigenvalue weighted by atomic mass is 35.5. The number of carbonyl (C=O) groups is 1. The molecule has 0 spiro atoms. The van der Waals surface area contributed by atoms with Crippen LogP contribution in [0.25, 0.3) is 0 Å². The Morgan fingerprint density at radius 2 is 2.43 bits per heavy atom. The lowest BCUT2D eigenvalue weighted by Gasteiger charge is -1.90. The molecule has 1 atom stereocenters. The fourth-order valence-corrected chi connectivity index (χ4v) is 0.198. The summed E-state index contributed by atoms with van der Waals surface area (Å²) in [7, 11) is 0. The van der Waals surface area contributed by atoms with Crippen LogP contribution in [0.3, 0.4) is 0 Å². The summed E-state index contributed by atoms with van der Waals surface area (Å²) >= 11 is 4.79. The van der Waals surface area contributed by atoms with Crippen molar-refractivity contribution in [3.8, 4) is 0 Å². The predicted octanol–water partition coefficient (Wildman–Crippen LogP) is 0.648. The van der Waals surface area contributed by atoms with Gasteiger partial charge >= 0.3 is 5.97 Å². The fraction of sp³-hybridized carbons (Fsp3) is 0.667. The standard InChI is InChI=1S/C3H4ClFO2/c4-1-2(5)3(6)7/h2H,1H2,(H,6,7)/t2-/m0/s1. The van der Waals surface area contributed by atoms with E-state index in [1.165, 1.54) is 0 Å². The topological polar surface area (TPSA) is 37.3 Å². The molecule has 0 saturated heterocycles. The van der Waals surface area contributed by atoms with Gasteiger partial charge in [0.15, 0.2) is 0 Å². The summed E-state index contributed by atoms with van der Waals surface area (Å²) in [6, 6.07) is 0. The third-order valence-corrected chi connectivity index (χ3v) is 0.674. The van der Waals surface area contributed by atoms with Gasteiger partial charge < -0.3 is 5.11 Å². The summed E-state index contributed by atoms with van der Waals surface area (Å²) in [5.41, 5.74) is 0. The molecule has 0 aromatic carbocycles. The van der Waals surface area contributed by atoms with Gasteiger partial charge in [0, 0.05) is 0 Å². The summed E-state index contributed by atoms with van der Waals surface area (Å²) in [5.74, 6) is -1.98. The average Bonchev–Trinajstić information content (AvgIpc) is 1.65. The van der Waals surface area contributed by atoms with Gasteiger partial charge in [0.1, 0.15) is 0 Å². The van der Waals surface area contributed by atoms with Crippen LogP contribution in [0.1, 0.15) is 0 Å². The van der Waals surface area contributed by atoms with Crippen LogP contribution in [0.4, 0.5) is 4.39 Å². The minimum Gasteiger partial charge on any atom is -0.479 e. The largest absolute Gasteiger partial charge is 0.479 e. The second-order valence-electron chi connectivity index (χ2n) is 0.960. The Labute approximate surface area is 44.9 Å². The van der Waals surface area contributed by atoms with Crippen LogP contribution in [0.15, 0.2) is 0 Å². The molecule has 0 aromatic rings. The average molecular weight is 127 g/mol. The van der Waals surface area contributed by atoms with E-state index in [4.69, 9.17) is 16.7 Å². The quantitative estimate of drug-likeness (QED) is 0.552. The normalized spacial score (nSPS) is 13.4. The van der Waals surface area contributed by atoms with Crippen LogP contribution < -0.4 is 0 Å². The van der Waals surface area contributed by atoms with Gasteiger partial charge in [-0.2, -0.15) is 0 Å². The zero-order valence-electron chi connectivity index (χ0n) is 3.40. The van der Waals surface area contributed by atoms with E-state index < -0.39 is 18.0 Å². The molecule has 0 radical (unpaired) electrons.